The molecule has 0 rings (SSSR count). The standard InChI is InChI=1S/C8H16FNO2/c1-3-7(8(11)12)10(2)6-4-5-9/h7H,3-6H2,1-2H3,(H,11,12). The predicted molar refractivity (Wildman–Crippen MR) is 44.9 cm³/mol. The highest BCUT2D eigenvalue weighted by Crippen LogP contribution is 2.02. The summed E-state index contributed by atoms with van der Waals surface area (Å²) in [5.74, 6) is -0.834. The molecule has 0 aromatic rings. The fourth-order valence-corrected chi connectivity index (χ4v) is 1.14. The molecule has 0 bridgehead atoms. The van der Waals surface area contributed by atoms with Crippen LogP contribution in [0.3, 0.4) is 0 Å². The number of alkyl halides is 1. The van der Waals surface area contributed by atoms with Crippen molar-refractivity contribution in [3.63, 3.8) is 0 Å². The van der Waals surface area contributed by atoms with Gasteiger partial charge in [0.05, 0.1) is 6.67 Å². The van der Waals surface area contributed by atoms with E-state index in [0.717, 1.165) is 0 Å². The Labute approximate surface area is 72.2 Å². The largest absolute Gasteiger partial charge is 0.480 e. The zero-order valence-electron chi connectivity index (χ0n) is 7.59. The van der Waals surface area contributed by atoms with E-state index < -0.39 is 12.0 Å². The lowest BCUT2D eigenvalue weighted by Gasteiger charge is -2.22. The van der Waals surface area contributed by atoms with Crippen LogP contribution in [0.1, 0.15) is 19.8 Å². The van der Waals surface area contributed by atoms with Gasteiger partial charge < -0.3 is 5.11 Å². The second-order valence-electron chi connectivity index (χ2n) is 2.79. The Balaban J connectivity index is 3.85. The molecule has 0 fully saturated rings. The van der Waals surface area contributed by atoms with E-state index in [-0.39, 0.29) is 6.67 Å². The SMILES string of the molecule is CCC(C(=O)O)N(C)CCCF. The highest BCUT2D eigenvalue weighted by Gasteiger charge is 2.19. The van der Waals surface area contributed by atoms with E-state index in [9.17, 15) is 9.18 Å². The van der Waals surface area contributed by atoms with Gasteiger partial charge >= 0.3 is 5.97 Å². The molecule has 0 amide bonds. The van der Waals surface area contributed by atoms with E-state index in [2.05, 4.69) is 0 Å². The van der Waals surface area contributed by atoms with Crippen LogP contribution in [0.5, 0.6) is 0 Å². The quantitative estimate of drug-likeness (QED) is 0.661. The van der Waals surface area contributed by atoms with Crippen molar-refractivity contribution in [2.45, 2.75) is 25.8 Å². The van der Waals surface area contributed by atoms with E-state index in [1.165, 1.54) is 0 Å². The molecule has 1 N–H and O–H groups in total. The number of carbonyl (C=O) groups is 1. The van der Waals surface area contributed by atoms with Gasteiger partial charge in [-0.2, -0.15) is 0 Å². The smallest absolute Gasteiger partial charge is 0.320 e. The van der Waals surface area contributed by atoms with Crippen molar-refractivity contribution in [1.82, 2.24) is 4.90 Å². The van der Waals surface area contributed by atoms with Crippen LogP contribution in [0.2, 0.25) is 0 Å². The molecule has 0 aliphatic carbocycles. The number of hydrogen-bond acceptors (Lipinski definition) is 2. The molecule has 0 aliphatic heterocycles. The van der Waals surface area contributed by atoms with Gasteiger partial charge in [0.2, 0.25) is 0 Å². The van der Waals surface area contributed by atoms with E-state index >= 15 is 0 Å². The number of halogens is 1. The monoisotopic (exact) mass is 177 g/mol. The second kappa shape index (κ2) is 5.94. The Morgan fingerprint density at radius 3 is 2.58 bits per heavy atom. The molecule has 0 aliphatic rings. The van der Waals surface area contributed by atoms with E-state index in [0.29, 0.717) is 19.4 Å². The van der Waals surface area contributed by atoms with Gasteiger partial charge in [-0.1, -0.05) is 6.92 Å². The molecule has 3 nitrogen and oxygen atoms in total. The summed E-state index contributed by atoms with van der Waals surface area (Å²) in [6.45, 7) is 1.92. The number of carboxylic acid groups (broad SMARTS) is 1. The summed E-state index contributed by atoms with van der Waals surface area (Å²) in [6, 6.07) is -0.475. The highest BCUT2D eigenvalue weighted by atomic mass is 19.1. The first kappa shape index (κ1) is 11.4. The van der Waals surface area contributed by atoms with Crippen molar-refractivity contribution < 1.29 is 14.3 Å². The van der Waals surface area contributed by atoms with Gasteiger partial charge in [-0.3, -0.25) is 14.1 Å². The van der Waals surface area contributed by atoms with E-state index in [1.54, 1.807) is 11.9 Å². The van der Waals surface area contributed by atoms with Gasteiger partial charge in [-0.25, -0.2) is 0 Å². The molecule has 0 aromatic heterocycles. The first-order valence-corrected chi connectivity index (χ1v) is 4.12. The van der Waals surface area contributed by atoms with Crippen LogP contribution in [0, 0.1) is 0 Å². The predicted octanol–water partition coefficient (Wildman–Crippen LogP) is 1.14. The molecule has 72 valence electrons. The maximum absolute atomic E-state index is 11.7. The van der Waals surface area contributed by atoms with Crippen molar-refractivity contribution in [2.75, 3.05) is 20.3 Å². The van der Waals surface area contributed by atoms with Gasteiger partial charge in [-0.05, 0) is 19.9 Å². The first-order chi connectivity index (χ1) is 5.63. The zero-order chi connectivity index (χ0) is 9.56. The fraction of sp³-hybridized carbons (Fsp3) is 0.875. The lowest BCUT2D eigenvalue weighted by atomic mass is 10.2. The molecular weight excluding hydrogens is 161 g/mol. The third-order valence-electron chi connectivity index (χ3n) is 1.85. The molecule has 1 unspecified atom stereocenters. The van der Waals surface area contributed by atoms with E-state index in [4.69, 9.17) is 5.11 Å². The fourth-order valence-electron chi connectivity index (χ4n) is 1.14. The van der Waals surface area contributed by atoms with Crippen LogP contribution in [0.4, 0.5) is 4.39 Å². The number of rotatable bonds is 6. The molecule has 0 radical (unpaired) electrons. The van der Waals surface area contributed by atoms with E-state index in [1.807, 2.05) is 6.92 Å². The minimum Gasteiger partial charge on any atom is -0.480 e. The lowest BCUT2D eigenvalue weighted by molar-refractivity contribution is -0.142. The molecule has 0 saturated carbocycles. The third kappa shape index (κ3) is 3.67. The Hall–Kier alpha value is -0.640. The van der Waals surface area contributed by atoms with Gasteiger partial charge in [0, 0.05) is 6.54 Å². The molecule has 0 aromatic carbocycles. The summed E-state index contributed by atoms with van der Waals surface area (Å²) in [5, 5.41) is 8.71. The van der Waals surface area contributed by atoms with Crippen LogP contribution in [-0.4, -0.2) is 42.3 Å². The molecule has 0 heterocycles. The van der Waals surface area contributed by atoms with Crippen LogP contribution >= 0.6 is 0 Å². The number of carboxylic acids is 1. The molecule has 0 saturated heterocycles. The van der Waals surface area contributed by atoms with Crippen LogP contribution in [0.25, 0.3) is 0 Å². The van der Waals surface area contributed by atoms with Crippen LogP contribution in [-0.2, 0) is 4.79 Å². The van der Waals surface area contributed by atoms with Gasteiger partial charge in [0.15, 0.2) is 0 Å². The summed E-state index contributed by atoms with van der Waals surface area (Å²) in [6.07, 6.45) is 0.957. The highest BCUT2D eigenvalue weighted by molar-refractivity contribution is 5.73. The average molecular weight is 177 g/mol. The summed E-state index contributed by atoms with van der Waals surface area (Å²) in [4.78, 5) is 12.3. The molecule has 1 atom stereocenters. The Bertz CT molecular complexity index is 141. The topological polar surface area (TPSA) is 40.5 Å². The second-order valence-corrected chi connectivity index (χ2v) is 2.79. The average Bonchev–Trinajstić information content (AvgIpc) is 2.01. The van der Waals surface area contributed by atoms with Gasteiger partial charge in [-0.15, -0.1) is 0 Å². The summed E-state index contributed by atoms with van der Waals surface area (Å²) >= 11 is 0. The molecular formula is C8H16FNO2. The summed E-state index contributed by atoms with van der Waals surface area (Å²) in [5.41, 5.74) is 0. The Morgan fingerprint density at radius 2 is 2.25 bits per heavy atom. The maximum Gasteiger partial charge on any atom is 0.320 e. The first-order valence-electron chi connectivity index (χ1n) is 4.12. The lowest BCUT2D eigenvalue weighted by Crippen LogP contribution is -2.38. The third-order valence-corrected chi connectivity index (χ3v) is 1.85. The van der Waals surface area contributed by atoms with Crippen molar-refractivity contribution in [1.29, 1.82) is 0 Å². The number of likely N-dealkylation sites (N-methyl/N-ethyl adjacent to an activating group) is 1. The van der Waals surface area contributed by atoms with Crippen molar-refractivity contribution in [3.8, 4) is 0 Å². The number of hydrogen-bond donors (Lipinski definition) is 1. The summed E-state index contributed by atoms with van der Waals surface area (Å²) in [7, 11) is 1.71. The summed E-state index contributed by atoms with van der Waals surface area (Å²) < 4.78 is 11.7. The van der Waals surface area contributed by atoms with Gasteiger partial charge in [0.1, 0.15) is 6.04 Å². The van der Waals surface area contributed by atoms with Gasteiger partial charge in [0.25, 0.3) is 0 Å². The normalized spacial score (nSPS) is 13.3. The van der Waals surface area contributed by atoms with Crippen LogP contribution in [0.15, 0.2) is 0 Å². The molecule has 4 heteroatoms. The Kier molecular flexibility index (Phi) is 5.62. The number of nitrogens with zero attached hydrogens (tertiary/aromatic N) is 1. The van der Waals surface area contributed by atoms with Crippen LogP contribution < -0.4 is 0 Å². The minimum atomic E-state index is -0.834. The molecule has 12 heavy (non-hydrogen) atoms. The van der Waals surface area contributed by atoms with Crippen molar-refractivity contribution in [3.05, 3.63) is 0 Å². The van der Waals surface area contributed by atoms with Crippen molar-refractivity contribution in [2.24, 2.45) is 0 Å². The maximum atomic E-state index is 11.7. The number of aliphatic carboxylic acids is 1. The zero-order valence-corrected chi connectivity index (χ0v) is 7.59. The minimum absolute atomic E-state index is 0.388. The molecule has 0 spiro atoms. The van der Waals surface area contributed by atoms with Crippen molar-refractivity contribution >= 4 is 5.97 Å². The Morgan fingerprint density at radius 1 is 1.67 bits per heavy atom.